The van der Waals surface area contributed by atoms with Crippen molar-refractivity contribution in [3.05, 3.63) is 58.2 Å². The van der Waals surface area contributed by atoms with Crippen LogP contribution >= 0.6 is 15.9 Å². The average Bonchev–Trinajstić information content (AvgIpc) is 3.08. The van der Waals surface area contributed by atoms with Gasteiger partial charge in [0.1, 0.15) is 12.3 Å². The minimum Gasteiger partial charge on any atom is -0.496 e. The molecule has 0 amide bonds. The molecule has 0 radical (unpaired) electrons. The van der Waals surface area contributed by atoms with Gasteiger partial charge in [0.05, 0.1) is 47.6 Å². The molecule has 0 aliphatic carbocycles. The summed E-state index contributed by atoms with van der Waals surface area (Å²) >= 11 is 3.63. The van der Waals surface area contributed by atoms with E-state index in [9.17, 15) is 4.79 Å². The molecular formula is C25H30BrN2O3+. The van der Waals surface area contributed by atoms with Crippen molar-refractivity contribution < 1.29 is 19.2 Å². The van der Waals surface area contributed by atoms with Crippen molar-refractivity contribution in [2.45, 2.75) is 45.7 Å². The molecule has 0 bridgehead atoms. The summed E-state index contributed by atoms with van der Waals surface area (Å²) in [6.07, 6.45) is 3.72. The highest BCUT2D eigenvalue weighted by Gasteiger charge is 2.31. The highest BCUT2D eigenvalue weighted by molar-refractivity contribution is 9.10. The van der Waals surface area contributed by atoms with E-state index in [-0.39, 0.29) is 5.97 Å². The number of fused-ring (bicyclic) bond motifs is 1. The van der Waals surface area contributed by atoms with E-state index in [1.807, 2.05) is 37.3 Å². The first-order valence-electron chi connectivity index (χ1n) is 11.0. The summed E-state index contributed by atoms with van der Waals surface area (Å²) in [5.74, 6) is 0.430. The molecule has 164 valence electrons. The fourth-order valence-electron chi connectivity index (χ4n) is 4.70. The summed E-state index contributed by atoms with van der Waals surface area (Å²) in [6.45, 7) is 6.40. The quantitative estimate of drug-likeness (QED) is 0.521. The monoisotopic (exact) mass is 485 g/mol. The van der Waals surface area contributed by atoms with Crippen LogP contribution < -0.4 is 9.64 Å². The van der Waals surface area contributed by atoms with Gasteiger partial charge in [0.2, 0.25) is 0 Å². The SMILES string of the molecule is CCOC(=O)c1c(C[NH+]2CCCC[C@H]2C)n(-c2ccccc2)c2cc(Br)c(OC)cc12. The molecule has 1 saturated heterocycles. The van der Waals surface area contributed by atoms with Gasteiger partial charge in [-0.15, -0.1) is 0 Å². The summed E-state index contributed by atoms with van der Waals surface area (Å²) in [5, 5.41) is 0.862. The number of hydrogen-bond donors (Lipinski definition) is 1. The van der Waals surface area contributed by atoms with Crippen LogP contribution in [0.5, 0.6) is 5.75 Å². The number of nitrogens with one attached hydrogen (secondary N) is 1. The molecule has 5 nitrogen and oxygen atoms in total. The zero-order valence-electron chi connectivity index (χ0n) is 18.4. The molecular weight excluding hydrogens is 456 g/mol. The van der Waals surface area contributed by atoms with Crippen LogP contribution in [0.2, 0.25) is 0 Å². The number of likely N-dealkylation sites (tertiary alicyclic amines) is 1. The second kappa shape index (κ2) is 9.45. The van der Waals surface area contributed by atoms with E-state index in [2.05, 4.69) is 39.6 Å². The molecule has 3 aromatic rings. The summed E-state index contributed by atoms with van der Waals surface area (Å²) in [5.41, 5.74) is 3.67. The van der Waals surface area contributed by atoms with Gasteiger partial charge in [0.25, 0.3) is 0 Å². The van der Waals surface area contributed by atoms with Gasteiger partial charge in [-0.05, 0) is 73.3 Å². The maximum Gasteiger partial charge on any atom is 0.340 e. The predicted octanol–water partition coefficient (Wildman–Crippen LogP) is 4.54. The first-order chi connectivity index (χ1) is 15.0. The van der Waals surface area contributed by atoms with Crippen LogP contribution in [-0.2, 0) is 11.3 Å². The van der Waals surface area contributed by atoms with Crippen LogP contribution in [0.15, 0.2) is 46.9 Å². The Balaban J connectivity index is 2.00. The summed E-state index contributed by atoms with van der Waals surface area (Å²) in [7, 11) is 1.64. The van der Waals surface area contributed by atoms with Crippen LogP contribution in [0.4, 0.5) is 0 Å². The molecule has 4 rings (SSSR count). The molecule has 1 aromatic heterocycles. The highest BCUT2D eigenvalue weighted by Crippen LogP contribution is 2.37. The standard InChI is InChI=1S/C25H29BrN2O3/c1-4-31-25(29)24-19-14-23(30-3)20(26)15-21(19)28(18-11-6-5-7-12-18)22(24)16-27-13-9-8-10-17(27)2/h5-7,11-12,14-15,17H,4,8-10,13,16H2,1-3H3/p+1/t17-/m1/s1. The lowest BCUT2D eigenvalue weighted by atomic mass is 10.0. The third-order valence-electron chi connectivity index (χ3n) is 6.31. The number of halogens is 1. The van der Waals surface area contributed by atoms with E-state index in [1.54, 1.807) is 7.11 Å². The molecule has 31 heavy (non-hydrogen) atoms. The van der Waals surface area contributed by atoms with Crippen molar-refractivity contribution in [3.63, 3.8) is 0 Å². The number of benzene rings is 2. The number of carbonyl (C=O) groups excluding carboxylic acids is 1. The molecule has 1 unspecified atom stereocenters. The van der Waals surface area contributed by atoms with Gasteiger partial charge in [-0.2, -0.15) is 0 Å². The van der Waals surface area contributed by atoms with Gasteiger partial charge >= 0.3 is 5.97 Å². The second-order valence-electron chi connectivity index (χ2n) is 8.20. The Morgan fingerprint density at radius 1 is 1.23 bits per heavy atom. The molecule has 1 N–H and O–H groups in total. The Kier molecular flexibility index (Phi) is 6.68. The number of hydrogen-bond acceptors (Lipinski definition) is 3. The van der Waals surface area contributed by atoms with Crippen molar-refractivity contribution in [3.8, 4) is 11.4 Å². The van der Waals surface area contributed by atoms with E-state index < -0.39 is 0 Å². The van der Waals surface area contributed by atoms with Crippen LogP contribution in [0, 0.1) is 0 Å². The molecule has 1 aliphatic rings. The molecule has 2 heterocycles. The maximum absolute atomic E-state index is 13.2. The topological polar surface area (TPSA) is 44.9 Å². The number of nitrogens with zero attached hydrogens (tertiary/aromatic N) is 1. The van der Waals surface area contributed by atoms with Gasteiger partial charge in [0, 0.05) is 11.1 Å². The first kappa shape index (κ1) is 21.9. The van der Waals surface area contributed by atoms with Crippen LogP contribution in [-0.4, -0.2) is 36.8 Å². The van der Waals surface area contributed by atoms with Crippen LogP contribution in [0.1, 0.15) is 49.2 Å². The van der Waals surface area contributed by atoms with Crippen LogP contribution in [0.3, 0.4) is 0 Å². The first-order valence-corrected chi connectivity index (χ1v) is 11.8. The smallest absolute Gasteiger partial charge is 0.340 e. The number of methoxy groups -OCH3 is 1. The molecule has 1 aliphatic heterocycles. The fourth-order valence-corrected chi connectivity index (χ4v) is 5.19. The Morgan fingerprint density at radius 2 is 2.00 bits per heavy atom. The van der Waals surface area contributed by atoms with Crippen molar-refractivity contribution >= 4 is 32.8 Å². The number of piperidine rings is 1. The van der Waals surface area contributed by atoms with Crippen LogP contribution in [0.25, 0.3) is 16.6 Å². The van der Waals surface area contributed by atoms with Gasteiger partial charge in [-0.3, -0.25) is 0 Å². The number of rotatable bonds is 6. The van der Waals surface area contributed by atoms with Gasteiger partial charge in [0.15, 0.2) is 0 Å². The van der Waals surface area contributed by atoms with Gasteiger partial charge < -0.3 is 18.9 Å². The lowest BCUT2D eigenvalue weighted by molar-refractivity contribution is -0.942. The maximum atomic E-state index is 13.2. The third kappa shape index (κ3) is 4.23. The number of quaternary nitrogens is 1. The molecule has 1 fully saturated rings. The Morgan fingerprint density at radius 3 is 2.68 bits per heavy atom. The van der Waals surface area contributed by atoms with Crippen molar-refractivity contribution in [1.82, 2.24) is 4.57 Å². The molecule has 2 atom stereocenters. The Labute approximate surface area is 192 Å². The number of aromatic nitrogens is 1. The minimum absolute atomic E-state index is 0.273. The largest absolute Gasteiger partial charge is 0.496 e. The minimum atomic E-state index is -0.273. The third-order valence-corrected chi connectivity index (χ3v) is 6.93. The summed E-state index contributed by atoms with van der Waals surface area (Å²) in [4.78, 5) is 14.8. The lowest BCUT2D eigenvalue weighted by Crippen LogP contribution is -3.15. The predicted molar refractivity (Wildman–Crippen MR) is 126 cm³/mol. The van der Waals surface area contributed by atoms with Gasteiger partial charge in [-0.25, -0.2) is 4.79 Å². The molecule has 2 aromatic carbocycles. The zero-order chi connectivity index (χ0) is 22.0. The van der Waals surface area contributed by atoms with E-state index in [0.29, 0.717) is 24.0 Å². The van der Waals surface area contributed by atoms with Crippen molar-refractivity contribution in [1.29, 1.82) is 0 Å². The Hall–Kier alpha value is -2.31. The summed E-state index contributed by atoms with van der Waals surface area (Å²) in [6, 6.07) is 14.8. The number of carbonyl (C=O) groups is 1. The summed E-state index contributed by atoms with van der Waals surface area (Å²) < 4.78 is 14.2. The normalized spacial score (nSPS) is 18.8. The fraction of sp³-hybridized carbons (Fsp3) is 0.400. The molecule has 0 spiro atoms. The average molecular weight is 486 g/mol. The zero-order valence-corrected chi connectivity index (χ0v) is 20.0. The van der Waals surface area contributed by atoms with E-state index in [4.69, 9.17) is 9.47 Å². The number of para-hydroxylation sites is 1. The molecule has 6 heteroatoms. The lowest BCUT2D eigenvalue weighted by Gasteiger charge is -2.30. The van der Waals surface area contributed by atoms with Gasteiger partial charge in [-0.1, -0.05) is 18.2 Å². The Bertz CT molecular complexity index is 1080. The number of esters is 1. The van der Waals surface area contributed by atoms with Crippen molar-refractivity contribution in [2.24, 2.45) is 0 Å². The van der Waals surface area contributed by atoms with E-state index >= 15 is 0 Å². The van der Waals surface area contributed by atoms with Crippen molar-refractivity contribution in [2.75, 3.05) is 20.3 Å². The highest BCUT2D eigenvalue weighted by atomic mass is 79.9. The number of ether oxygens (including phenoxy) is 2. The molecule has 0 saturated carbocycles. The second-order valence-corrected chi connectivity index (χ2v) is 9.05. The van der Waals surface area contributed by atoms with E-state index in [0.717, 1.165) is 39.8 Å². The van der Waals surface area contributed by atoms with E-state index in [1.165, 1.54) is 24.2 Å².